The van der Waals surface area contributed by atoms with E-state index in [0.717, 1.165) is 6.20 Å². The summed E-state index contributed by atoms with van der Waals surface area (Å²) < 4.78 is 21.5. The minimum absolute atomic E-state index is 0.0489. The maximum absolute atomic E-state index is 13.2. The summed E-state index contributed by atoms with van der Waals surface area (Å²) >= 11 is 6.02. The summed E-state index contributed by atoms with van der Waals surface area (Å²) in [5.74, 6) is -0.190. The molecule has 0 bridgehead atoms. The number of halogens is 2. The van der Waals surface area contributed by atoms with Gasteiger partial charge in [0.15, 0.2) is 11.6 Å². The van der Waals surface area contributed by atoms with Crippen LogP contribution in [0, 0.1) is 15.9 Å². The number of nitrogens with zero attached hydrogens (tertiary/aromatic N) is 5. The van der Waals surface area contributed by atoms with Gasteiger partial charge in [-0.25, -0.2) is 4.39 Å². The van der Waals surface area contributed by atoms with Gasteiger partial charge in [-0.1, -0.05) is 17.7 Å². The van der Waals surface area contributed by atoms with E-state index in [2.05, 4.69) is 15.5 Å². The van der Waals surface area contributed by atoms with Crippen LogP contribution in [0.2, 0.25) is 5.02 Å². The molecule has 0 saturated heterocycles. The first-order valence-electron chi connectivity index (χ1n) is 8.91. The highest BCUT2D eigenvalue weighted by Crippen LogP contribution is 2.19. The highest BCUT2D eigenvalue weighted by molar-refractivity contribution is 6.31. The van der Waals surface area contributed by atoms with E-state index in [0.29, 0.717) is 23.7 Å². The second-order valence-corrected chi connectivity index (χ2v) is 6.91. The molecule has 1 N–H and O–H groups in total. The maximum Gasteiger partial charge on any atom is 0.307 e. The molecule has 31 heavy (non-hydrogen) atoms. The molecular formula is C19H14ClFN6O4. The topological polar surface area (TPSA) is 121 Å². The molecule has 1 amide bonds. The van der Waals surface area contributed by atoms with Gasteiger partial charge < -0.3 is 9.73 Å². The lowest BCUT2D eigenvalue weighted by Crippen LogP contribution is -2.12. The predicted octanol–water partition coefficient (Wildman–Crippen LogP) is 3.72. The SMILES string of the molecule is O=C(Nc1ccn(Cc2ccc(F)cc2Cl)n1)c1ccc(Cn2cc([N+](=O)[O-])cn2)o1. The molecule has 158 valence electrons. The van der Waals surface area contributed by atoms with Gasteiger partial charge >= 0.3 is 5.69 Å². The van der Waals surface area contributed by atoms with Crippen LogP contribution >= 0.6 is 11.6 Å². The van der Waals surface area contributed by atoms with Crippen molar-refractivity contribution in [1.29, 1.82) is 0 Å². The lowest BCUT2D eigenvalue weighted by Gasteiger charge is -2.05. The highest BCUT2D eigenvalue weighted by Gasteiger charge is 2.15. The fraction of sp³-hybridized carbons (Fsp3) is 0.105. The Bertz CT molecular complexity index is 1260. The van der Waals surface area contributed by atoms with E-state index in [-0.39, 0.29) is 23.0 Å². The van der Waals surface area contributed by atoms with Crippen LogP contribution in [-0.4, -0.2) is 30.4 Å². The normalized spacial score (nSPS) is 10.9. The molecule has 3 aromatic heterocycles. The molecule has 0 unspecified atom stereocenters. The summed E-state index contributed by atoms with van der Waals surface area (Å²) in [4.78, 5) is 22.6. The van der Waals surface area contributed by atoms with Crippen LogP contribution in [0.15, 0.2) is 59.4 Å². The standard InChI is InChI=1S/C19H14ClFN6O4/c20-16-7-13(21)2-1-12(16)9-25-6-5-18(24-25)23-19(28)17-4-3-15(31-17)11-26-10-14(8-22-26)27(29)30/h1-8,10H,9,11H2,(H,23,24,28). The zero-order chi connectivity index (χ0) is 22.0. The fourth-order valence-corrected chi connectivity index (χ4v) is 3.02. The molecule has 4 rings (SSSR count). The van der Waals surface area contributed by atoms with E-state index in [4.69, 9.17) is 16.0 Å². The fourth-order valence-electron chi connectivity index (χ4n) is 2.80. The quantitative estimate of drug-likeness (QED) is 0.342. The number of nitrogens with one attached hydrogen (secondary N) is 1. The van der Waals surface area contributed by atoms with Gasteiger partial charge in [-0.05, 0) is 29.8 Å². The zero-order valence-electron chi connectivity index (χ0n) is 15.7. The third kappa shape index (κ3) is 4.78. The van der Waals surface area contributed by atoms with E-state index in [9.17, 15) is 19.3 Å². The monoisotopic (exact) mass is 444 g/mol. The summed E-state index contributed by atoms with van der Waals surface area (Å²) in [6.45, 7) is 0.435. The first-order valence-corrected chi connectivity index (χ1v) is 9.29. The molecule has 0 saturated carbocycles. The Balaban J connectivity index is 1.38. The number of benzene rings is 1. The Morgan fingerprint density at radius 1 is 1.23 bits per heavy atom. The molecule has 1 aromatic carbocycles. The van der Waals surface area contributed by atoms with Crippen LogP contribution in [0.5, 0.6) is 0 Å². The molecule has 3 heterocycles. The van der Waals surface area contributed by atoms with Gasteiger partial charge in [0.1, 0.15) is 24.0 Å². The van der Waals surface area contributed by atoms with Crippen LogP contribution < -0.4 is 5.32 Å². The van der Waals surface area contributed by atoms with Crippen molar-refractivity contribution in [3.63, 3.8) is 0 Å². The summed E-state index contributed by atoms with van der Waals surface area (Å²) in [6, 6.07) is 8.76. The van der Waals surface area contributed by atoms with Gasteiger partial charge in [0.25, 0.3) is 5.91 Å². The smallest absolute Gasteiger partial charge is 0.307 e. The number of furan rings is 1. The van der Waals surface area contributed by atoms with Gasteiger partial charge in [-0.3, -0.25) is 24.3 Å². The van der Waals surface area contributed by atoms with Crippen molar-refractivity contribution in [2.45, 2.75) is 13.1 Å². The van der Waals surface area contributed by atoms with E-state index in [1.54, 1.807) is 29.1 Å². The number of anilines is 1. The van der Waals surface area contributed by atoms with Crippen molar-refractivity contribution in [2.24, 2.45) is 0 Å². The Labute approximate surface area is 179 Å². The van der Waals surface area contributed by atoms with E-state index >= 15 is 0 Å². The molecule has 0 radical (unpaired) electrons. The van der Waals surface area contributed by atoms with Gasteiger partial charge in [0, 0.05) is 17.3 Å². The van der Waals surface area contributed by atoms with Crippen LogP contribution in [0.4, 0.5) is 15.9 Å². The molecule has 0 aliphatic carbocycles. The van der Waals surface area contributed by atoms with E-state index in [1.165, 1.54) is 29.1 Å². The van der Waals surface area contributed by atoms with Crippen molar-refractivity contribution in [2.75, 3.05) is 5.32 Å². The number of amides is 1. The first kappa shape index (κ1) is 20.3. The first-order chi connectivity index (χ1) is 14.9. The number of hydrogen-bond acceptors (Lipinski definition) is 6. The molecule has 0 aliphatic rings. The molecule has 4 aromatic rings. The van der Waals surface area contributed by atoms with E-state index in [1.807, 2.05) is 0 Å². The molecule has 0 spiro atoms. The van der Waals surface area contributed by atoms with Crippen molar-refractivity contribution >= 4 is 29.0 Å². The Morgan fingerprint density at radius 2 is 2.06 bits per heavy atom. The van der Waals surface area contributed by atoms with Crippen molar-refractivity contribution in [3.05, 3.63) is 93.0 Å². The third-order valence-electron chi connectivity index (χ3n) is 4.26. The van der Waals surface area contributed by atoms with Crippen molar-refractivity contribution in [1.82, 2.24) is 19.6 Å². The Hall–Kier alpha value is -3.99. The maximum atomic E-state index is 13.2. The number of rotatable bonds is 7. The molecule has 12 heteroatoms. The average Bonchev–Trinajstić information content (AvgIpc) is 3.46. The minimum Gasteiger partial charge on any atom is -0.454 e. The summed E-state index contributed by atoms with van der Waals surface area (Å²) in [5.41, 5.74) is 0.542. The molecule has 0 aliphatic heterocycles. The number of nitro groups is 1. The predicted molar refractivity (Wildman–Crippen MR) is 107 cm³/mol. The lowest BCUT2D eigenvalue weighted by atomic mass is 10.2. The molecule has 10 nitrogen and oxygen atoms in total. The third-order valence-corrected chi connectivity index (χ3v) is 4.62. The number of aromatic nitrogens is 4. The van der Waals surface area contributed by atoms with Crippen LogP contribution in [0.3, 0.4) is 0 Å². The lowest BCUT2D eigenvalue weighted by molar-refractivity contribution is -0.385. The van der Waals surface area contributed by atoms with Crippen LogP contribution in [0.1, 0.15) is 21.9 Å². The summed E-state index contributed by atoms with van der Waals surface area (Å²) in [7, 11) is 0. The minimum atomic E-state index is -0.548. The number of hydrogen-bond donors (Lipinski definition) is 1. The Kier molecular flexibility index (Phi) is 5.50. The number of carbonyl (C=O) groups excluding carboxylic acids is 1. The highest BCUT2D eigenvalue weighted by atomic mass is 35.5. The molecule has 0 atom stereocenters. The largest absolute Gasteiger partial charge is 0.454 e. The van der Waals surface area contributed by atoms with Gasteiger partial charge in [0.2, 0.25) is 0 Å². The van der Waals surface area contributed by atoms with E-state index < -0.39 is 16.6 Å². The summed E-state index contributed by atoms with van der Waals surface area (Å²) in [6.07, 6.45) is 4.04. The van der Waals surface area contributed by atoms with Crippen molar-refractivity contribution in [3.8, 4) is 0 Å². The zero-order valence-corrected chi connectivity index (χ0v) is 16.5. The summed E-state index contributed by atoms with van der Waals surface area (Å²) in [5, 5.41) is 21.7. The molecule has 0 fully saturated rings. The van der Waals surface area contributed by atoms with Gasteiger partial charge in [-0.2, -0.15) is 10.2 Å². The van der Waals surface area contributed by atoms with Crippen molar-refractivity contribution < 1.29 is 18.5 Å². The van der Waals surface area contributed by atoms with Crippen LogP contribution in [0.25, 0.3) is 0 Å². The average molecular weight is 445 g/mol. The second-order valence-electron chi connectivity index (χ2n) is 6.51. The van der Waals surface area contributed by atoms with Gasteiger partial charge in [0.05, 0.1) is 18.0 Å². The number of carbonyl (C=O) groups is 1. The Morgan fingerprint density at radius 3 is 2.81 bits per heavy atom. The van der Waals surface area contributed by atoms with Crippen LogP contribution in [-0.2, 0) is 13.1 Å². The second kappa shape index (κ2) is 8.40. The molecular weight excluding hydrogens is 431 g/mol. The van der Waals surface area contributed by atoms with Gasteiger partial charge in [-0.15, -0.1) is 0 Å².